The second-order valence-electron chi connectivity index (χ2n) is 6.81. The SMILES string of the molecule is Cc1cccn2cc(C(=O)N[C@]3(c4ccccc4)CCNC[C@H]3O)nc12.Cl.Cl. The zero-order valence-electron chi connectivity index (χ0n) is 15.5. The van der Waals surface area contributed by atoms with Crippen molar-refractivity contribution in [3.8, 4) is 0 Å². The first-order valence-electron chi connectivity index (χ1n) is 8.81. The summed E-state index contributed by atoms with van der Waals surface area (Å²) in [5.74, 6) is -0.280. The molecule has 3 N–H and O–H groups in total. The average molecular weight is 423 g/mol. The van der Waals surface area contributed by atoms with Crippen LogP contribution in [-0.2, 0) is 5.54 Å². The number of aromatic nitrogens is 2. The largest absolute Gasteiger partial charge is 0.389 e. The maximum absolute atomic E-state index is 13.0. The van der Waals surface area contributed by atoms with Gasteiger partial charge < -0.3 is 20.1 Å². The van der Waals surface area contributed by atoms with Gasteiger partial charge in [0.1, 0.15) is 11.3 Å². The minimum absolute atomic E-state index is 0. The number of pyridine rings is 1. The van der Waals surface area contributed by atoms with Crippen molar-refractivity contribution in [3.63, 3.8) is 0 Å². The minimum Gasteiger partial charge on any atom is -0.389 e. The summed E-state index contributed by atoms with van der Waals surface area (Å²) in [5.41, 5.74) is 2.19. The van der Waals surface area contributed by atoms with Crippen molar-refractivity contribution in [2.24, 2.45) is 0 Å². The third-order valence-electron chi connectivity index (χ3n) is 5.14. The number of benzene rings is 1. The van der Waals surface area contributed by atoms with E-state index in [-0.39, 0.29) is 30.7 Å². The van der Waals surface area contributed by atoms with Crippen LogP contribution in [-0.4, -0.2) is 39.6 Å². The molecule has 6 nitrogen and oxygen atoms in total. The van der Waals surface area contributed by atoms with Gasteiger partial charge in [-0.05, 0) is 37.1 Å². The molecule has 1 amide bonds. The summed E-state index contributed by atoms with van der Waals surface area (Å²) >= 11 is 0. The predicted molar refractivity (Wildman–Crippen MR) is 114 cm³/mol. The Morgan fingerprint density at radius 3 is 2.68 bits per heavy atom. The summed E-state index contributed by atoms with van der Waals surface area (Å²) in [6.07, 6.45) is 3.49. The van der Waals surface area contributed by atoms with Crippen LogP contribution < -0.4 is 10.6 Å². The van der Waals surface area contributed by atoms with Gasteiger partial charge >= 0.3 is 0 Å². The fourth-order valence-corrected chi connectivity index (χ4v) is 3.69. The topological polar surface area (TPSA) is 78.7 Å². The number of rotatable bonds is 3. The lowest BCUT2D eigenvalue weighted by Gasteiger charge is -2.42. The van der Waals surface area contributed by atoms with Crippen LogP contribution >= 0.6 is 24.8 Å². The molecule has 0 unspecified atom stereocenters. The van der Waals surface area contributed by atoms with Gasteiger partial charge in [0.25, 0.3) is 5.91 Å². The van der Waals surface area contributed by atoms with Crippen molar-refractivity contribution in [1.82, 2.24) is 20.0 Å². The first-order valence-corrected chi connectivity index (χ1v) is 8.81. The van der Waals surface area contributed by atoms with E-state index in [9.17, 15) is 9.90 Å². The second-order valence-corrected chi connectivity index (χ2v) is 6.81. The highest BCUT2D eigenvalue weighted by molar-refractivity contribution is 5.93. The molecule has 0 aliphatic carbocycles. The number of amides is 1. The Hall–Kier alpha value is -2.12. The van der Waals surface area contributed by atoms with Crippen molar-refractivity contribution >= 4 is 36.4 Å². The molecule has 0 radical (unpaired) electrons. The molecule has 3 heterocycles. The highest BCUT2D eigenvalue weighted by Crippen LogP contribution is 2.31. The molecule has 1 fully saturated rings. The van der Waals surface area contributed by atoms with Crippen LogP contribution in [0.2, 0.25) is 0 Å². The van der Waals surface area contributed by atoms with Crippen LogP contribution in [0.15, 0.2) is 54.9 Å². The lowest BCUT2D eigenvalue weighted by atomic mass is 9.79. The van der Waals surface area contributed by atoms with Gasteiger partial charge in [0.2, 0.25) is 0 Å². The van der Waals surface area contributed by atoms with Crippen LogP contribution in [0.1, 0.15) is 28.0 Å². The smallest absolute Gasteiger partial charge is 0.272 e. The number of aliphatic hydroxyl groups is 1. The standard InChI is InChI=1S/C20H22N4O2.2ClH/c1-14-6-5-11-24-13-16(22-18(14)24)19(26)23-20(9-10-21-12-17(20)25)15-7-3-2-4-8-15;;/h2-8,11,13,17,21,25H,9-10,12H2,1H3,(H,23,26);2*1H/t17-,20+;;/m1../s1. The maximum Gasteiger partial charge on any atom is 0.272 e. The molecule has 8 heteroatoms. The Bertz CT molecular complexity index is 948. The van der Waals surface area contributed by atoms with E-state index in [1.165, 1.54) is 0 Å². The summed E-state index contributed by atoms with van der Waals surface area (Å²) < 4.78 is 1.85. The fraction of sp³-hybridized carbons (Fsp3) is 0.300. The van der Waals surface area contributed by atoms with E-state index in [1.807, 2.05) is 60.0 Å². The number of aliphatic hydroxyl groups excluding tert-OH is 1. The van der Waals surface area contributed by atoms with Crippen LogP contribution in [0.4, 0.5) is 0 Å². The molecule has 3 aromatic rings. The maximum atomic E-state index is 13.0. The summed E-state index contributed by atoms with van der Waals surface area (Å²) in [5, 5.41) is 17.0. The molecule has 4 rings (SSSR count). The molecule has 2 atom stereocenters. The lowest BCUT2D eigenvalue weighted by Crippen LogP contribution is -2.61. The van der Waals surface area contributed by atoms with E-state index < -0.39 is 11.6 Å². The summed E-state index contributed by atoms with van der Waals surface area (Å²) in [6, 6.07) is 13.6. The number of aryl methyl sites for hydroxylation is 1. The van der Waals surface area contributed by atoms with Crippen molar-refractivity contribution in [1.29, 1.82) is 0 Å². The van der Waals surface area contributed by atoms with Gasteiger partial charge in [-0.25, -0.2) is 4.98 Å². The van der Waals surface area contributed by atoms with Crippen molar-refractivity contribution < 1.29 is 9.90 Å². The van der Waals surface area contributed by atoms with Crippen molar-refractivity contribution in [2.75, 3.05) is 13.1 Å². The zero-order chi connectivity index (χ0) is 18.1. The molecule has 1 saturated heterocycles. The number of hydrogen-bond acceptors (Lipinski definition) is 4. The van der Waals surface area contributed by atoms with Crippen LogP contribution in [0, 0.1) is 6.92 Å². The number of nitrogens with zero attached hydrogens (tertiary/aromatic N) is 2. The Labute approximate surface area is 176 Å². The molecular formula is C20H24Cl2N4O2. The highest BCUT2D eigenvalue weighted by Gasteiger charge is 2.43. The minimum atomic E-state index is -0.825. The van der Waals surface area contributed by atoms with Gasteiger partial charge in [0.15, 0.2) is 0 Å². The predicted octanol–water partition coefficient (Wildman–Crippen LogP) is 2.47. The number of fused-ring (bicyclic) bond motifs is 1. The van der Waals surface area contributed by atoms with Gasteiger partial charge in [0.05, 0.1) is 11.6 Å². The van der Waals surface area contributed by atoms with Gasteiger partial charge in [-0.3, -0.25) is 4.79 Å². The zero-order valence-corrected chi connectivity index (χ0v) is 17.1. The van der Waals surface area contributed by atoms with E-state index in [1.54, 1.807) is 6.20 Å². The van der Waals surface area contributed by atoms with Gasteiger partial charge in [-0.2, -0.15) is 0 Å². The Morgan fingerprint density at radius 1 is 1.25 bits per heavy atom. The molecule has 1 aliphatic heterocycles. The number of carbonyl (C=O) groups excluding carboxylic acids is 1. The van der Waals surface area contributed by atoms with E-state index in [4.69, 9.17) is 0 Å². The van der Waals surface area contributed by atoms with E-state index in [0.29, 0.717) is 18.7 Å². The number of piperidine rings is 1. The van der Waals surface area contributed by atoms with Crippen molar-refractivity contribution in [3.05, 3.63) is 71.7 Å². The molecule has 0 saturated carbocycles. The Morgan fingerprint density at radius 2 is 2.00 bits per heavy atom. The number of imidazole rings is 1. The quantitative estimate of drug-likeness (QED) is 0.605. The van der Waals surface area contributed by atoms with Gasteiger partial charge in [-0.15, -0.1) is 24.8 Å². The normalized spacial score (nSPS) is 21.4. The number of β-amino-alcohol motifs (C(OH)–C–C–N with tert-alkyl or cyclic N) is 1. The average Bonchev–Trinajstić information content (AvgIpc) is 3.10. The Balaban J connectivity index is 0.00000140. The number of halogens is 2. The summed E-state index contributed by atoms with van der Waals surface area (Å²) in [6.45, 7) is 3.11. The van der Waals surface area contributed by atoms with E-state index in [0.717, 1.165) is 23.3 Å². The number of hydrogen-bond donors (Lipinski definition) is 3. The molecule has 0 bridgehead atoms. The summed E-state index contributed by atoms with van der Waals surface area (Å²) in [4.78, 5) is 17.5. The third-order valence-corrected chi connectivity index (χ3v) is 5.14. The monoisotopic (exact) mass is 422 g/mol. The van der Waals surface area contributed by atoms with Crippen LogP contribution in [0.25, 0.3) is 5.65 Å². The fourth-order valence-electron chi connectivity index (χ4n) is 3.69. The first kappa shape index (κ1) is 22.2. The second kappa shape index (κ2) is 8.92. The highest BCUT2D eigenvalue weighted by atomic mass is 35.5. The van der Waals surface area contributed by atoms with E-state index in [2.05, 4.69) is 15.6 Å². The summed E-state index contributed by atoms with van der Waals surface area (Å²) in [7, 11) is 0. The van der Waals surface area contributed by atoms with E-state index >= 15 is 0 Å². The molecule has 28 heavy (non-hydrogen) atoms. The molecule has 1 aromatic carbocycles. The molecule has 1 aliphatic rings. The first-order chi connectivity index (χ1) is 12.6. The third kappa shape index (κ3) is 3.86. The molecule has 150 valence electrons. The van der Waals surface area contributed by atoms with Gasteiger partial charge in [-0.1, -0.05) is 36.4 Å². The molecule has 2 aromatic heterocycles. The number of nitrogens with one attached hydrogen (secondary N) is 2. The van der Waals surface area contributed by atoms with Crippen LogP contribution in [0.3, 0.4) is 0 Å². The molecular weight excluding hydrogens is 399 g/mol. The lowest BCUT2D eigenvalue weighted by molar-refractivity contribution is 0.0288. The van der Waals surface area contributed by atoms with Gasteiger partial charge in [0, 0.05) is 18.9 Å². The van der Waals surface area contributed by atoms with Crippen LogP contribution in [0.5, 0.6) is 0 Å². The Kier molecular flexibility index (Phi) is 7.06. The number of carbonyl (C=O) groups is 1. The molecule has 0 spiro atoms. The van der Waals surface area contributed by atoms with Crippen molar-refractivity contribution in [2.45, 2.75) is 25.0 Å².